The Bertz CT molecular complexity index is 736. The second kappa shape index (κ2) is 6.04. The summed E-state index contributed by atoms with van der Waals surface area (Å²) >= 11 is 0. The number of para-hydroxylation sites is 2. The number of benzene rings is 3. The summed E-state index contributed by atoms with van der Waals surface area (Å²) in [6.07, 6.45) is 0. The molecule has 2 heteroatoms. The van der Waals surface area contributed by atoms with Crippen LogP contribution in [-0.2, 0) is 5.60 Å². The maximum atomic E-state index is 11.1. The van der Waals surface area contributed by atoms with E-state index >= 15 is 0 Å². The molecule has 3 aromatic rings. The average Bonchev–Trinajstić information content (AvgIpc) is 2.57. The zero-order chi connectivity index (χ0) is 15.4. The van der Waals surface area contributed by atoms with Crippen LogP contribution in [0.5, 0.6) is 0 Å². The van der Waals surface area contributed by atoms with Crippen LogP contribution in [-0.4, -0.2) is 5.11 Å². The Morgan fingerprint density at radius 3 is 1.95 bits per heavy atom. The molecule has 2 N–H and O–H groups in total. The lowest BCUT2D eigenvalue weighted by molar-refractivity contribution is 0.103. The SMILES string of the molecule is CC(O)(c1ccccc1)c1ccccc1Nc1ccccc1. The highest BCUT2D eigenvalue weighted by Gasteiger charge is 2.27. The fourth-order valence-electron chi connectivity index (χ4n) is 2.61. The van der Waals surface area contributed by atoms with Gasteiger partial charge in [0.15, 0.2) is 0 Å². The molecule has 0 heterocycles. The first-order chi connectivity index (χ1) is 10.7. The van der Waals surface area contributed by atoms with Crippen molar-refractivity contribution in [1.82, 2.24) is 0 Å². The van der Waals surface area contributed by atoms with E-state index in [0.29, 0.717) is 0 Å². The molecule has 0 amide bonds. The van der Waals surface area contributed by atoms with E-state index in [1.165, 1.54) is 0 Å². The summed E-state index contributed by atoms with van der Waals surface area (Å²) in [4.78, 5) is 0. The van der Waals surface area contributed by atoms with Crippen molar-refractivity contribution in [2.24, 2.45) is 0 Å². The summed E-state index contributed by atoms with van der Waals surface area (Å²) < 4.78 is 0. The van der Waals surface area contributed by atoms with Crippen LogP contribution in [0.25, 0.3) is 0 Å². The van der Waals surface area contributed by atoms with Crippen LogP contribution in [0.2, 0.25) is 0 Å². The topological polar surface area (TPSA) is 32.3 Å². The average molecular weight is 289 g/mol. The molecule has 0 bridgehead atoms. The molecule has 2 nitrogen and oxygen atoms in total. The number of hydrogen-bond donors (Lipinski definition) is 2. The minimum absolute atomic E-state index is 0.852. The fourth-order valence-corrected chi connectivity index (χ4v) is 2.61. The van der Waals surface area contributed by atoms with Crippen LogP contribution in [0.3, 0.4) is 0 Å². The molecule has 0 fully saturated rings. The van der Waals surface area contributed by atoms with Gasteiger partial charge in [0.1, 0.15) is 5.60 Å². The maximum absolute atomic E-state index is 11.1. The smallest absolute Gasteiger partial charge is 0.114 e. The second-order valence-electron chi connectivity index (χ2n) is 5.47. The lowest BCUT2D eigenvalue weighted by atomic mass is 9.87. The van der Waals surface area contributed by atoms with Crippen LogP contribution in [0.1, 0.15) is 18.1 Å². The summed E-state index contributed by atoms with van der Waals surface area (Å²) in [6.45, 7) is 1.83. The van der Waals surface area contributed by atoms with Gasteiger partial charge in [-0.3, -0.25) is 0 Å². The minimum Gasteiger partial charge on any atom is -0.381 e. The van der Waals surface area contributed by atoms with Gasteiger partial charge < -0.3 is 10.4 Å². The Kier molecular flexibility index (Phi) is 3.94. The van der Waals surface area contributed by atoms with E-state index in [0.717, 1.165) is 22.5 Å². The van der Waals surface area contributed by atoms with Crippen LogP contribution in [0, 0.1) is 0 Å². The Labute approximate surface area is 131 Å². The van der Waals surface area contributed by atoms with Crippen molar-refractivity contribution in [2.75, 3.05) is 5.32 Å². The number of aliphatic hydroxyl groups is 1. The van der Waals surface area contributed by atoms with E-state index < -0.39 is 5.60 Å². The predicted molar refractivity (Wildman–Crippen MR) is 91.3 cm³/mol. The van der Waals surface area contributed by atoms with Gasteiger partial charge in [0.05, 0.1) is 0 Å². The molecule has 0 aliphatic heterocycles. The first-order valence-electron chi connectivity index (χ1n) is 7.37. The highest BCUT2D eigenvalue weighted by molar-refractivity contribution is 5.65. The van der Waals surface area contributed by atoms with Crippen LogP contribution < -0.4 is 5.32 Å². The van der Waals surface area contributed by atoms with Gasteiger partial charge in [0, 0.05) is 16.9 Å². The molecule has 3 rings (SSSR count). The van der Waals surface area contributed by atoms with Crippen molar-refractivity contribution < 1.29 is 5.11 Å². The summed E-state index contributed by atoms with van der Waals surface area (Å²) in [6, 6.07) is 27.6. The second-order valence-corrected chi connectivity index (χ2v) is 5.47. The van der Waals surface area contributed by atoms with E-state index in [-0.39, 0.29) is 0 Å². The lowest BCUT2D eigenvalue weighted by Gasteiger charge is -2.27. The van der Waals surface area contributed by atoms with Gasteiger partial charge in [-0.15, -0.1) is 0 Å². The van der Waals surface area contributed by atoms with Gasteiger partial charge in [0.2, 0.25) is 0 Å². The van der Waals surface area contributed by atoms with Crippen molar-refractivity contribution in [1.29, 1.82) is 0 Å². The summed E-state index contributed by atoms with van der Waals surface area (Å²) in [7, 11) is 0. The normalized spacial score (nSPS) is 13.4. The van der Waals surface area contributed by atoms with Crippen molar-refractivity contribution in [3.8, 4) is 0 Å². The molecule has 22 heavy (non-hydrogen) atoms. The van der Waals surface area contributed by atoms with Gasteiger partial charge in [-0.25, -0.2) is 0 Å². The minimum atomic E-state index is -1.06. The number of anilines is 2. The summed E-state index contributed by atoms with van der Waals surface area (Å²) in [5, 5.41) is 14.5. The monoisotopic (exact) mass is 289 g/mol. The van der Waals surface area contributed by atoms with Crippen molar-refractivity contribution in [2.45, 2.75) is 12.5 Å². The zero-order valence-electron chi connectivity index (χ0n) is 12.5. The van der Waals surface area contributed by atoms with E-state index in [9.17, 15) is 5.11 Å². The summed E-state index contributed by atoms with van der Waals surface area (Å²) in [5.41, 5.74) is 2.57. The highest BCUT2D eigenvalue weighted by Crippen LogP contribution is 2.35. The molecule has 0 aliphatic carbocycles. The Balaban J connectivity index is 2.01. The summed E-state index contributed by atoms with van der Waals surface area (Å²) in [5.74, 6) is 0. The van der Waals surface area contributed by atoms with Gasteiger partial charge in [-0.1, -0.05) is 66.7 Å². The van der Waals surface area contributed by atoms with Crippen LogP contribution in [0.15, 0.2) is 84.9 Å². The Morgan fingerprint density at radius 1 is 0.727 bits per heavy atom. The third kappa shape index (κ3) is 2.87. The Morgan fingerprint density at radius 2 is 1.27 bits per heavy atom. The first-order valence-corrected chi connectivity index (χ1v) is 7.37. The van der Waals surface area contributed by atoms with E-state index in [1.54, 1.807) is 0 Å². The quantitative estimate of drug-likeness (QED) is 0.730. The molecule has 0 radical (unpaired) electrons. The van der Waals surface area contributed by atoms with Gasteiger partial charge >= 0.3 is 0 Å². The number of hydrogen-bond acceptors (Lipinski definition) is 2. The fraction of sp³-hybridized carbons (Fsp3) is 0.100. The molecule has 1 atom stereocenters. The first kappa shape index (κ1) is 14.4. The van der Waals surface area contributed by atoms with Crippen LogP contribution in [0.4, 0.5) is 11.4 Å². The molecule has 3 aromatic carbocycles. The standard InChI is InChI=1S/C20H19NO/c1-20(22,16-10-4-2-5-11-16)18-14-8-9-15-19(18)21-17-12-6-3-7-13-17/h2-15,21-22H,1H3. The molecular formula is C20H19NO. The molecule has 0 spiro atoms. The molecule has 0 saturated carbocycles. The third-order valence-electron chi connectivity index (χ3n) is 3.84. The van der Waals surface area contributed by atoms with Gasteiger partial charge in [0.25, 0.3) is 0 Å². The highest BCUT2D eigenvalue weighted by atomic mass is 16.3. The van der Waals surface area contributed by atoms with Gasteiger partial charge in [-0.2, -0.15) is 0 Å². The molecule has 0 saturated heterocycles. The van der Waals surface area contributed by atoms with Gasteiger partial charge in [-0.05, 0) is 30.7 Å². The molecule has 110 valence electrons. The van der Waals surface area contributed by atoms with Crippen molar-refractivity contribution in [3.63, 3.8) is 0 Å². The molecule has 0 aromatic heterocycles. The Hall–Kier alpha value is -2.58. The predicted octanol–water partition coefficient (Wildman–Crippen LogP) is 4.69. The van der Waals surface area contributed by atoms with Crippen molar-refractivity contribution in [3.05, 3.63) is 96.1 Å². The molecule has 1 unspecified atom stereocenters. The van der Waals surface area contributed by atoms with E-state index in [2.05, 4.69) is 5.32 Å². The largest absolute Gasteiger partial charge is 0.381 e. The van der Waals surface area contributed by atoms with E-state index in [4.69, 9.17) is 0 Å². The lowest BCUT2D eigenvalue weighted by Crippen LogP contribution is -2.23. The third-order valence-corrected chi connectivity index (χ3v) is 3.84. The van der Waals surface area contributed by atoms with Crippen molar-refractivity contribution >= 4 is 11.4 Å². The molecular weight excluding hydrogens is 270 g/mol. The maximum Gasteiger partial charge on any atom is 0.114 e. The van der Waals surface area contributed by atoms with E-state index in [1.807, 2.05) is 91.9 Å². The number of rotatable bonds is 4. The number of nitrogens with one attached hydrogen (secondary N) is 1. The van der Waals surface area contributed by atoms with Crippen LogP contribution >= 0.6 is 0 Å². The zero-order valence-corrected chi connectivity index (χ0v) is 12.5. The molecule has 0 aliphatic rings.